The number of aryl methyl sites for hydroxylation is 1. The Bertz CT molecular complexity index is 881. The van der Waals surface area contributed by atoms with Gasteiger partial charge in [0, 0.05) is 17.1 Å². The summed E-state index contributed by atoms with van der Waals surface area (Å²) in [6.07, 6.45) is 0.456. The third kappa shape index (κ3) is 4.36. The van der Waals surface area contributed by atoms with Gasteiger partial charge < -0.3 is 19.5 Å². The van der Waals surface area contributed by atoms with Crippen molar-refractivity contribution in [3.63, 3.8) is 0 Å². The smallest absolute Gasteiger partial charge is 0.338 e. The number of hydrogen-bond donors (Lipinski definition) is 1. The van der Waals surface area contributed by atoms with Crippen LogP contribution in [0.25, 0.3) is 0 Å². The van der Waals surface area contributed by atoms with Crippen LogP contribution < -0.4 is 14.8 Å². The van der Waals surface area contributed by atoms with Gasteiger partial charge in [0.1, 0.15) is 6.61 Å². The number of hydrogen-bond acceptors (Lipinski definition) is 6. The summed E-state index contributed by atoms with van der Waals surface area (Å²) in [5.74, 6) is 1.44. The van der Waals surface area contributed by atoms with Gasteiger partial charge in [-0.25, -0.2) is 4.79 Å². The largest absolute Gasteiger partial charge is 0.493 e. The fraction of sp³-hybridized carbons (Fsp3) is 0.300. The third-order valence-corrected chi connectivity index (χ3v) is 5.35. The molecule has 0 aromatic heterocycles. The Labute approximate surface area is 162 Å². The molecule has 0 bridgehead atoms. The van der Waals surface area contributed by atoms with Crippen LogP contribution >= 0.6 is 11.8 Å². The molecule has 0 saturated heterocycles. The number of benzene rings is 2. The fourth-order valence-corrected chi connectivity index (χ4v) is 3.69. The van der Waals surface area contributed by atoms with Gasteiger partial charge in [0.15, 0.2) is 11.5 Å². The number of rotatable bonds is 5. The van der Waals surface area contributed by atoms with E-state index in [9.17, 15) is 9.59 Å². The lowest BCUT2D eigenvalue weighted by Gasteiger charge is -2.13. The Balaban J connectivity index is 1.74. The number of carbonyl (C=O) groups excluding carboxylic acids is 2. The Kier molecular flexibility index (Phi) is 5.91. The van der Waals surface area contributed by atoms with Crippen molar-refractivity contribution < 1.29 is 23.8 Å². The summed E-state index contributed by atoms with van der Waals surface area (Å²) in [7, 11) is 3.14. The summed E-state index contributed by atoms with van der Waals surface area (Å²) in [6.45, 7) is 2.03. The van der Waals surface area contributed by atoms with Crippen LogP contribution in [0.4, 0.5) is 5.69 Å². The lowest BCUT2D eigenvalue weighted by Crippen LogP contribution is -2.11. The second-order valence-corrected chi connectivity index (χ2v) is 7.20. The Morgan fingerprint density at radius 2 is 1.89 bits per heavy atom. The van der Waals surface area contributed by atoms with E-state index in [2.05, 4.69) is 5.32 Å². The molecule has 0 aliphatic carbocycles. The molecule has 0 unspecified atom stereocenters. The minimum atomic E-state index is -0.449. The molecule has 0 radical (unpaired) electrons. The molecule has 1 N–H and O–H groups in total. The molecule has 2 aromatic rings. The summed E-state index contributed by atoms with van der Waals surface area (Å²) < 4.78 is 16.0. The van der Waals surface area contributed by atoms with E-state index in [1.54, 1.807) is 44.2 Å². The predicted molar refractivity (Wildman–Crippen MR) is 104 cm³/mol. The molecule has 27 heavy (non-hydrogen) atoms. The minimum absolute atomic E-state index is 0.0484. The van der Waals surface area contributed by atoms with Crippen LogP contribution in [-0.4, -0.2) is 31.8 Å². The van der Waals surface area contributed by atoms with Crippen molar-refractivity contribution in [3.05, 3.63) is 47.0 Å². The van der Waals surface area contributed by atoms with E-state index in [0.29, 0.717) is 29.2 Å². The summed E-state index contributed by atoms with van der Waals surface area (Å²) in [6, 6.07) is 8.86. The maximum absolute atomic E-state index is 12.5. The summed E-state index contributed by atoms with van der Waals surface area (Å²) in [5.41, 5.74) is 2.82. The summed E-state index contributed by atoms with van der Waals surface area (Å²) in [5, 5.41) is 2.83. The molecule has 0 atom stereocenters. The topological polar surface area (TPSA) is 73.9 Å². The van der Waals surface area contributed by atoms with Crippen molar-refractivity contribution in [3.8, 4) is 11.5 Å². The molecular formula is C20H21NO5S. The van der Waals surface area contributed by atoms with E-state index in [0.717, 1.165) is 21.8 Å². The highest BCUT2D eigenvalue weighted by Gasteiger charge is 2.17. The lowest BCUT2D eigenvalue weighted by atomic mass is 10.1. The van der Waals surface area contributed by atoms with Gasteiger partial charge in [-0.3, -0.25) is 4.79 Å². The average molecular weight is 387 g/mol. The molecule has 6 nitrogen and oxygen atoms in total. The van der Waals surface area contributed by atoms with Crippen LogP contribution in [0, 0.1) is 6.92 Å². The maximum atomic E-state index is 12.5. The molecule has 0 saturated carbocycles. The number of nitrogens with one attached hydrogen (secondary N) is 1. The first-order valence-corrected chi connectivity index (χ1v) is 9.45. The van der Waals surface area contributed by atoms with Crippen LogP contribution in [0.15, 0.2) is 35.2 Å². The van der Waals surface area contributed by atoms with Gasteiger partial charge >= 0.3 is 5.97 Å². The van der Waals surface area contributed by atoms with Crippen molar-refractivity contribution in [1.82, 2.24) is 0 Å². The Morgan fingerprint density at radius 1 is 1.15 bits per heavy atom. The average Bonchev–Trinajstić information content (AvgIpc) is 2.86. The van der Waals surface area contributed by atoms with Gasteiger partial charge in [0.2, 0.25) is 5.91 Å². The van der Waals surface area contributed by atoms with Crippen LogP contribution in [0.1, 0.15) is 27.9 Å². The molecule has 1 aliphatic heterocycles. The molecule has 1 amide bonds. The van der Waals surface area contributed by atoms with Crippen LogP contribution in [0.2, 0.25) is 0 Å². The number of amides is 1. The fourth-order valence-electron chi connectivity index (χ4n) is 2.75. The van der Waals surface area contributed by atoms with Crippen LogP contribution in [-0.2, 0) is 16.1 Å². The van der Waals surface area contributed by atoms with E-state index < -0.39 is 5.97 Å². The zero-order chi connectivity index (χ0) is 19.4. The molecule has 1 heterocycles. The monoisotopic (exact) mass is 387 g/mol. The number of fused-ring (bicyclic) bond motifs is 1. The van der Waals surface area contributed by atoms with Crippen molar-refractivity contribution in [2.75, 3.05) is 25.3 Å². The molecule has 3 rings (SSSR count). The number of esters is 1. The SMILES string of the molecule is COc1cc(C)c(COC(=O)c2ccc3c(c2)NC(=O)CCS3)cc1OC. The molecule has 142 valence electrons. The number of thioether (sulfide) groups is 1. The highest BCUT2D eigenvalue weighted by atomic mass is 32.2. The second kappa shape index (κ2) is 8.35. The molecular weight excluding hydrogens is 366 g/mol. The zero-order valence-electron chi connectivity index (χ0n) is 15.5. The number of methoxy groups -OCH3 is 2. The molecule has 2 aromatic carbocycles. The first-order valence-electron chi connectivity index (χ1n) is 8.47. The lowest BCUT2D eigenvalue weighted by molar-refractivity contribution is -0.115. The maximum Gasteiger partial charge on any atom is 0.338 e. The predicted octanol–water partition coefficient (Wildman–Crippen LogP) is 3.80. The number of anilines is 1. The number of carbonyl (C=O) groups is 2. The second-order valence-electron chi connectivity index (χ2n) is 6.07. The van der Waals surface area contributed by atoms with Crippen LogP contribution in [0.3, 0.4) is 0 Å². The van der Waals surface area contributed by atoms with Gasteiger partial charge in [-0.1, -0.05) is 0 Å². The quantitative estimate of drug-likeness (QED) is 0.787. The van der Waals surface area contributed by atoms with Gasteiger partial charge in [-0.2, -0.15) is 0 Å². The highest BCUT2D eigenvalue weighted by Crippen LogP contribution is 2.32. The van der Waals surface area contributed by atoms with E-state index in [-0.39, 0.29) is 12.5 Å². The van der Waals surface area contributed by atoms with Crippen LogP contribution in [0.5, 0.6) is 11.5 Å². The Hall–Kier alpha value is -2.67. The van der Waals surface area contributed by atoms with Crippen molar-refractivity contribution >= 4 is 29.3 Å². The van der Waals surface area contributed by atoms with E-state index in [1.165, 1.54) is 0 Å². The molecule has 0 fully saturated rings. The van der Waals surface area contributed by atoms with E-state index >= 15 is 0 Å². The van der Waals surface area contributed by atoms with Crippen molar-refractivity contribution in [1.29, 1.82) is 0 Å². The van der Waals surface area contributed by atoms with Gasteiger partial charge in [-0.15, -0.1) is 11.8 Å². The third-order valence-electron chi connectivity index (χ3n) is 4.28. The normalized spacial score (nSPS) is 13.2. The van der Waals surface area contributed by atoms with E-state index in [1.807, 2.05) is 19.1 Å². The standard InChI is InChI=1S/C20H21NO5S/c1-12-8-16(24-2)17(25-3)10-14(12)11-26-20(23)13-4-5-18-15(9-13)21-19(22)6-7-27-18/h4-5,8-10H,6-7,11H2,1-3H3,(H,21,22). The number of ether oxygens (including phenoxy) is 3. The first kappa shape index (κ1) is 19.1. The zero-order valence-corrected chi connectivity index (χ0v) is 16.3. The molecule has 7 heteroatoms. The van der Waals surface area contributed by atoms with Gasteiger partial charge in [0.25, 0.3) is 0 Å². The van der Waals surface area contributed by atoms with Crippen molar-refractivity contribution in [2.45, 2.75) is 24.8 Å². The Morgan fingerprint density at radius 3 is 2.63 bits per heavy atom. The van der Waals surface area contributed by atoms with Gasteiger partial charge in [-0.05, 0) is 48.4 Å². The highest BCUT2D eigenvalue weighted by molar-refractivity contribution is 7.99. The van der Waals surface area contributed by atoms with E-state index in [4.69, 9.17) is 14.2 Å². The first-order chi connectivity index (χ1) is 13.0. The summed E-state index contributed by atoms with van der Waals surface area (Å²) >= 11 is 1.59. The van der Waals surface area contributed by atoms with Gasteiger partial charge in [0.05, 0.1) is 25.5 Å². The molecule has 0 spiro atoms. The molecule has 1 aliphatic rings. The minimum Gasteiger partial charge on any atom is -0.493 e. The summed E-state index contributed by atoms with van der Waals surface area (Å²) in [4.78, 5) is 25.1. The van der Waals surface area contributed by atoms with Crippen molar-refractivity contribution in [2.24, 2.45) is 0 Å².